The van der Waals surface area contributed by atoms with Crippen molar-refractivity contribution in [2.24, 2.45) is 0 Å². The molecule has 126 valence electrons. The van der Waals surface area contributed by atoms with Gasteiger partial charge in [-0.25, -0.2) is 0 Å². The maximum atomic E-state index is 11.7. The number of hydrogen-bond donors (Lipinski definition) is 1. The van der Waals surface area contributed by atoms with E-state index in [1.54, 1.807) is 11.9 Å². The van der Waals surface area contributed by atoms with Crippen LogP contribution >= 0.6 is 11.6 Å². The van der Waals surface area contributed by atoms with Gasteiger partial charge < -0.3 is 14.7 Å². The Labute approximate surface area is 145 Å². The van der Waals surface area contributed by atoms with Crippen LogP contribution in [0.3, 0.4) is 0 Å². The van der Waals surface area contributed by atoms with E-state index in [-0.39, 0.29) is 17.4 Å². The third-order valence-corrected chi connectivity index (χ3v) is 5.25. The van der Waals surface area contributed by atoms with Crippen LogP contribution in [0.25, 0.3) is 0 Å². The number of halogens is 1. The predicted molar refractivity (Wildman–Crippen MR) is 89.9 cm³/mol. The molecule has 24 heavy (non-hydrogen) atoms. The van der Waals surface area contributed by atoms with Crippen molar-refractivity contribution in [2.75, 3.05) is 18.9 Å². The van der Waals surface area contributed by atoms with Crippen molar-refractivity contribution in [1.29, 1.82) is 0 Å². The van der Waals surface area contributed by atoms with Crippen molar-refractivity contribution in [1.82, 2.24) is 15.0 Å². The number of benzene rings is 1. The van der Waals surface area contributed by atoms with E-state index in [9.17, 15) is 4.79 Å². The lowest BCUT2D eigenvalue weighted by molar-refractivity contribution is -0.126. The summed E-state index contributed by atoms with van der Waals surface area (Å²) in [5, 5.41) is 8.46. The van der Waals surface area contributed by atoms with E-state index in [1.807, 2.05) is 24.3 Å². The highest BCUT2D eigenvalue weighted by Crippen LogP contribution is 2.43. The van der Waals surface area contributed by atoms with Crippen LogP contribution in [0.4, 0.5) is 5.69 Å². The first kappa shape index (κ1) is 15.4. The molecule has 2 aromatic rings. The molecule has 7 heteroatoms. The van der Waals surface area contributed by atoms with Crippen molar-refractivity contribution >= 4 is 23.2 Å². The first-order valence-electron chi connectivity index (χ1n) is 8.17. The topological polar surface area (TPSA) is 71.3 Å². The lowest BCUT2D eigenvalue weighted by Gasteiger charge is -2.40. The lowest BCUT2D eigenvalue weighted by Crippen LogP contribution is -2.43. The second-order valence-corrected chi connectivity index (χ2v) is 7.14. The molecule has 0 radical (unpaired) electrons. The van der Waals surface area contributed by atoms with Crippen LogP contribution in [0.15, 0.2) is 28.8 Å². The largest absolute Gasteiger partial charge is 0.372 e. The minimum Gasteiger partial charge on any atom is -0.372 e. The van der Waals surface area contributed by atoms with E-state index in [0.29, 0.717) is 29.7 Å². The molecule has 1 aliphatic carbocycles. The number of amides is 1. The molecule has 1 unspecified atom stereocenters. The molecule has 1 N–H and O–H groups in total. The molecule has 2 fully saturated rings. The second-order valence-electron chi connectivity index (χ2n) is 6.70. The van der Waals surface area contributed by atoms with Gasteiger partial charge in [-0.15, -0.1) is 0 Å². The van der Waals surface area contributed by atoms with Crippen LogP contribution in [0.5, 0.6) is 0 Å². The predicted octanol–water partition coefficient (Wildman–Crippen LogP) is 3.16. The van der Waals surface area contributed by atoms with Gasteiger partial charge in [-0.05, 0) is 43.5 Å². The molecule has 2 aliphatic rings. The minimum absolute atomic E-state index is 0.00333. The Morgan fingerprint density at radius 3 is 2.67 bits per heavy atom. The van der Waals surface area contributed by atoms with Gasteiger partial charge in [0.05, 0.1) is 5.92 Å². The van der Waals surface area contributed by atoms with E-state index >= 15 is 0 Å². The number of likely N-dealkylation sites (tertiary alicyclic amines) is 1. The van der Waals surface area contributed by atoms with E-state index in [1.165, 1.54) is 0 Å². The summed E-state index contributed by atoms with van der Waals surface area (Å²) in [6.45, 7) is 0.637. The molecule has 6 nitrogen and oxygen atoms in total. The van der Waals surface area contributed by atoms with Crippen LogP contribution in [0.2, 0.25) is 5.02 Å². The maximum absolute atomic E-state index is 11.7. The monoisotopic (exact) mass is 346 g/mol. The van der Waals surface area contributed by atoms with E-state index in [0.717, 1.165) is 24.9 Å². The molecule has 4 rings (SSSR count). The van der Waals surface area contributed by atoms with Gasteiger partial charge in [0.15, 0.2) is 5.82 Å². The molecule has 2 heterocycles. The van der Waals surface area contributed by atoms with Crippen molar-refractivity contribution in [3.05, 3.63) is 41.0 Å². The number of nitrogens with zero attached hydrogens (tertiary/aromatic N) is 3. The van der Waals surface area contributed by atoms with Gasteiger partial charge in [-0.3, -0.25) is 4.79 Å². The van der Waals surface area contributed by atoms with Crippen molar-refractivity contribution in [2.45, 2.75) is 37.1 Å². The van der Waals surface area contributed by atoms with Gasteiger partial charge in [0.2, 0.25) is 11.8 Å². The normalized spacial score (nSPS) is 22.5. The smallest absolute Gasteiger partial charge is 0.232 e. The van der Waals surface area contributed by atoms with Crippen molar-refractivity contribution < 1.29 is 9.32 Å². The van der Waals surface area contributed by atoms with Gasteiger partial charge in [0.1, 0.15) is 5.54 Å². The average Bonchev–Trinajstić information content (AvgIpc) is 3.13. The number of anilines is 1. The quantitative estimate of drug-likeness (QED) is 0.920. The Balaban J connectivity index is 1.55. The molecular formula is C17H19ClN4O2. The number of carbonyl (C=O) groups is 1. The highest BCUT2D eigenvalue weighted by molar-refractivity contribution is 6.30. The third-order valence-electron chi connectivity index (χ3n) is 4.99. The van der Waals surface area contributed by atoms with Gasteiger partial charge in [0, 0.05) is 30.7 Å². The van der Waals surface area contributed by atoms with Crippen LogP contribution < -0.4 is 5.32 Å². The summed E-state index contributed by atoms with van der Waals surface area (Å²) < 4.78 is 5.48. The molecule has 1 saturated heterocycles. The third kappa shape index (κ3) is 2.65. The molecule has 1 aromatic heterocycles. The van der Waals surface area contributed by atoms with Crippen LogP contribution in [-0.4, -0.2) is 34.5 Å². The highest BCUT2D eigenvalue weighted by Gasteiger charge is 2.44. The summed E-state index contributed by atoms with van der Waals surface area (Å²) in [5.41, 5.74) is 0.700. The first-order valence-corrected chi connectivity index (χ1v) is 8.55. The summed E-state index contributed by atoms with van der Waals surface area (Å²) in [6.07, 6.45) is 3.47. The zero-order valence-electron chi connectivity index (χ0n) is 13.5. The number of aromatic nitrogens is 2. The molecule has 1 atom stereocenters. The van der Waals surface area contributed by atoms with Crippen LogP contribution in [0.1, 0.15) is 43.3 Å². The SMILES string of the molecule is CN1CC(c2nc(C3(Nc4ccc(Cl)cc4)CCC3)no2)CC1=O. The highest BCUT2D eigenvalue weighted by atomic mass is 35.5. The molecular weight excluding hydrogens is 328 g/mol. The van der Waals surface area contributed by atoms with E-state index in [4.69, 9.17) is 16.1 Å². The van der Waals surface area contributed by atoms with Crippen molar-refractivity contribution in [3.63, 3.8) is 0 Å². The van der Waals surface area contributed by atoms with Crippen LogP contribution in [0, 0.1) is 0 Å². The summed E-state index contributed by atoms with van der Waals surface area (Å²) in [5.74, 6) is 1.36. The first-order chi connectivity index (χ1) is 11.6. The summed E-state index contributed by atoms with van der Waals surface area (Å²) in [7, 11) is 1.80. The van der Waals surface area contributed by atoms with Crippen LogP contribution in [-0.2, 0) is 10.3 Å². The number of nitrogens with one attached hydrogen (secondary N) is 1. The minimum atomic E-state index is -0.288. The number of carbonyl (C=O) groups excluding carboxylic acids is 1. The zero-order valence-corrected chi connectivity index (χ0v) is 14.2. The van der Waals surface area contributed by atoms with E-state index in [2.05, 4.69) is 15.5 Å². The molecule has 1 aromatic carbocycles. The molecule has 1 saturated carbocycles. The number of likely N-dealkylation sites (N-methyl/N-ethyl adjacent to an activating group) is 1. The Bertz CT molecular complexity index is 754. The number of rotatable bonds is 4. The number of hydrogen-bond acceptors (Lipinski definition) is 5. The van der Waals surface area contributed by atoms with E-state index < -0.39 is 0 Å². The van der Waals surface area contributed by atoms with Gasteiger partial charge in [-0.1, -0.05) is 16.8 Å². The summed E-state index contributed by atoms with van der Waals surface area (Å²) >= 11 is 5.95. The van der Waals surface area contributed by atoms with Gasteiger partial charge in [0.25, 0.3) is 0 Å². The standard InChI is InChI=1S/C17H19ClN4O2/c1-22-10-11(9-14(22)23)15-19-16(21-24-15)17(7-2-8-17)20-13-5-3-12(18)4-6-13/h3-6,11,20H,2,7-10H2,1H3. The average molecular weight is 347 g/mol. The fraction of sp³-hybridized carbons (Fsp3) is 0.471. The Morgan fingerprint density at radius 2 is 2.08 bits per heavy atom. The fourth-order valence-corrected chi connectivity index (χ4v) is 3.49. The Morgan fingerprint density at radius 1 is 1.33 bits per heavy atom. The maximum Gasteiger partial charge on any atom is 0.232 e. The van der Waals surface area contributed by atoms with Crippen molar-refractivity contribution in [3.8, 4) is 0 Å². The Hall–Kier alpha value is -2.08. The molecule has 1 amide bonds. The summed E-state index contributed by atoms with van der Waals surface area (Å²) in [6, 6.07) is 7.62. The lowest BCUT2D eigenvalue weighted by atomic mass is 9.76. The molecule has 0 bridgehead atoms. The van der Waals surface area contributed by atoms with Gasteiger partial charge >= 0.3 is 0 Å². The summed E-state index contributed by atoms with van der Waals surface area (Å²) in [4.78, 5) is 18.0. The zero-order chi connectivity index (χ0) is 16.7. The molecule has 1 aliphatic heterocycles. The Kier molecular flexibility index (Phi) is 3.72. The molecule has 0 spiro atoms. The fourth-order valence-electron chi connectivity index (χ4n) is 3.37. The second kappa shape index (κ2) is 5.77. The van der Waals surface area contributed by atoms with Gasteiger partial charge in [-0.2, -0.15) is 4.98 Å².